The highest BCUT2D eigenvalue weighted by molar-refractivity contribution is 6.17. The summed E-state index contributed by atoms with van der Waals surface area (Å²) in [7, 11) is 0. The highest BCUT2D eigenvalue weighted by atomic mass is 35.5. The van der Waals surface area contributed by atoms with E-state index in [-0.39, 0.29) is 0 Å². The lowest BCUT2D eigenvalue weighted by molar-refractivity contribution is 0.624. The summed E-state index contributed by atoms with van der Waals surface area (Å²) in [4.78, 5) is 11.2. The maximum atomic E-state index is 5.80. The van der Waals surface area contributed by atoms with Crippen molar-refractivity contribution in [2.24, 2.45) is 5.92 Å². The number of rotatable bonds is 2. The maximum Gasteiger partial charge on any atom is 0.225 e. The van der Waals surface area contributed by atoms with Crippen LogP contribution in [0.15, 0.2) is 6.20 Å². The summed E-state index contributed by atoms with van der Waals surface area (Å²) < 4.78 is 0. The Kier molecular flexibility index (Phi) is 3.33. The van der Waals surface area contributed by atoms with E-state index in [1.54, 1.807) is 0 Å². The van der Waals surface area contributed by atoms with E-state index < -0.39 is 0 Å². The van der Waals surface area contributed by atoms with Crippen LogP contribution in [0.1, 0.15) is 31.5 Å². The summed E-state index contributed by atoms with van der Waals surface area (Å²) in [5.74, 6) is 2.06. The Balaban J connectivity index is 2.24. The number of anilines is 1. The molecule has 4 heteroatoms. The quantitative estimate of drug-likeness (QED) is 0.744. The first kappa shape index (κ1) is 11.6. The molecule has 2 heterocycles. The lowest BCUT2D eigenvalue weighted by Crippen LogP contribution is -2.28. The van der Waals surface area contributed by atoms with Crippen LogP contribution in [0.2, 0.25) is 0 Å². The average Bonchev–Trinajstić information content (AvgIpc) is 2.58. The summed E-state index contributed by atoms with van der Waals surface area (Å²) in [6.45, 7) is 7.56. The molecular formula is C12H18ClN3. The first-order valence-corrected chi connectivity index (χ1v) is 6.30. The number of alkyl halides is 1. The van der Waals surface area contributed by atoms with Gasteiger partial charge in [-0.05, 0) is 26.2 Å². The van der Waals surface area contributed by atoms with Gasteiger partial charge < -0.3 is 4.90 Å². The minimum Gasteiger partial charge on any atom is -0.338 e. The Morgan fingerprint density at radius 2 is 2.25 bits per heavy atom. The van der Waals surface area contributed by atoms with E-state index in [1.807, 2.05) is 13.1 Å². The van der Waals surface area contributed by atoms with Gasteiger partial charge in [0.15, 0.2) is 0 Å². The van der Waals surface area contributed by atoms with Crippen LogP contribution in [-0.4, -0.2) is 22.6 Å². The minimum absolute atomic E-state index is 0.484. The van der Waals surface area contributed by atoms with Crippen molar-refractivity contribution in [3.05, 3.63) is 17.5 Å². The van der Waals surface area contributed by atoms with Crippen LogP contribution < -0.4 is 4.90 Å². The predicted octanol–water partition coefficient (Wildman–Crippen LogP) is 2.76. The van der Waals surface area contributed by atoms with Crippen molar-refractivity contribution in [1.29, 1.82) is 0 Å². The lowest BCUT2D eigenvalue weighted by Gasteiger charge is -2.21. The summed E-state index contributed by atoms with van der Waals surface area (Å²) in [6.07, 6.45) is 3.07. The van der Waals surface area contributed by atoms with Gasteiger partial charge in [0.25, 0.3) is 0 Å². The molecule has 0 aromatic carbocycles. The molecule has 2 unspecified atom stereocenters. The molecule has 16 heavy (non-hydrogen) atoms. The largest absolute Gasteiger partial charge is 0.338 e. The predicted molar refractivity (Wildman–Crippen MR) is 66.9 cm³/mol. The molecule has 0 N–H and O–H groups in total. The Hall–Kier alpha value is -0.830. The zero-order valence-corrected chi connectivity index (χ0v) is 10.8. The second-order valence-corrected chi connectivity index (χ2v) is 5.02. The molecule has 2 atom stereocenters. The number of aromatic nitrogens is 2. The van der Waals surface area contributed by atoms with Crippen molar-refractivity contribution in [2.45, 2.75) is 39.1 Å². The van der Waals surface area contributed by atoms with E-state index in [0.717, 1.165) is 29.7 Å². The molecule has 2 rings (SSSR count). The number of aryl methyl sites for hydroxylation is 1. The van der Waals surface area contributed by atoms with Crippen LogP contribution >= 0.6 is 11.6 Å². The highest BCUT2D eigenvalue weighted by Crippen LogP contribution is 2.26. The smallest absolute Gasteiger partial charge is 0.225 e. The third-order valence-electron chi connectivity index (χ3n) is 3.25. The fourth-order valence-electron chi connectivity index (χ4n) is 2.33. The molecule has 0 amide bonds. The summed E-state index contributed by atoms with van der Waals surface area (Å²) in [5.41, 5.74) is 2.01. The Morgan fingerprint density at radius 1 is 1.50 bits per heavy atom. The topological polar surface area (TPSA) is 29.0 Å². The zero-order chi connectivity index (χ0) is 11.7. The lowest BCUT2D eigenvalue weighted by atomic mass is 10.1. The van der Waals surface area contributed by atoms with E-state index in [0.29, 0.717) is 11.9 Å². The van der Waals surface area contributed by atoms with Crippen LogP contribution in [-0.2, 0) is 5.88 Å². The fraction of sp³-hybridized carbons (Fsp3) is 0.667. The van der Waals surface area contributed by atoms with Gasteiger partial charge in [-0.2, -0.15) is 0 Å². The molecular weight excluding hydrogens is 222 g/mol. The monoisotopic (exact) mass is 239 g/mol. The van der Waals surface area contributed by atoms with E-state index in [4.69, 9.17) is 11.6 Å². The molecule has 0 bridgehead atoms. The van der Waals surface area contributed by atoms with Crippen molar-refractivity contribution >= 4 is 17.5 Å². The molecule has 88 valence electrons. The van der Waals surface area contributed by atoms with E-state index in [2.05, 4.69) is 28.7 Å². The van der Waals surface area contributed by atoms with Crippen molar-refractivity contribution in [3.63, 3.8) is 0 Å². The first-order valence-electron chi connectivity index (χ1n) is 5.77. The van der Waals surface area contributed by atoms with Crippen LogP contribution in [0.25, 0.3) is 0 Å². The molecule has 1 aromatic rings. The second kappa shape index (κ2) is 4.58. The molecule has 0 saturated carbocycles. The van der Waals surface area contributed by atoms with Gasteiger partial charge >= 0.3 is 0 Å². The SMILES string of the molecule is Cc1nc(N2CC(C)CC2C)ncc1CCl. The number of nitrogens with zero attached hydrogens (tertiary/aromatic N) is 3. The molecule has 3 nitrogen and oxygen atoms in total. The summed E-state index contributed by atoms with van der Waals surface area (Å²) >= 11 is 5.80. The Bertz CT molecular complexity index is 381. The minimum atomic E-state index is 0.484. The number of hydrogen-bond donors (Lipinski definition) is 0. The van der Waals surface area contributed by atoms with Crippen molar-refractivity contribution in [1.82, 2.24) is 9.97 Å². The van der Waals surface area contributed by atoms with Gasteiger partial charge in [0.1, 0.15) is 0 Å². The van der Waals surface area contributed by atoms with Crippen LogP contribution in [0.3, 0.4) is 0 Å². The van der Waals surface area contributed by atoms with Gasteiger partial charge in [0, 0.05) is 30.0 Å². The normalized spacial score (nSPS) is 25.1. The molecule has 0 spiro atoms. The Morgan fingerprint density at radius 3 is 2.75 bits per heavy atom. The van der Waals surface area contributed by atoms with Gasteiger partial charge in [0.2, 0.25) is 5.95 Å². The molecule has 1 aliphatic rings. The second-order valence-electron chi connectivity index (χ2n) is 4.76. The molecule has 1 aromatic heterocycles. The molecule has 0 aliphatic carbocycles. The highest BCUT2D eigenvalue weighted by Gasteiger charge is 2.28. The van der Waals surface area contributed by atoms with Crippen molar-refractivity contribution < 1.29 is 0 Å². The first-order chi connectivity index (χ1) is 7.61. The number of halogens is 1. The van der Waals surface area contributed by atoms with E-state index in [9.17, 15) is 0 Å². The van der Waals surface area contributed by atoms with Crippen molar-refractivity contribution in [3.8, 4) is 0 Å². The molecule has 1 saturated heterocycles. The van der Waals surface area contributed by atoms with E-state index in [1.165, 1.54) is 6.42 Å². The standard InChI is InChI=1S/C12H18ClN3/c1-8-4-9(2)16(7-8)12-14-6-11(5-13)10(3)15-12/h6,8-9H,4-5,7H2,1-3H3. The third-order valence-corrected chi connectivity index (χ3v) is 3.54. The van der Waals surface area contributed by atoms with Gasteiger partial charge in [-0.15, -0.1) is 11.6 Å². The maximum absolute atomic E-state index is 5.80. The third kappa shape index (κ3) is 2.14. The van der Waals surface area contributed by atoms with Crippen LogP contribution in [0.5, 0.6) is 0 Å². The fourth-order valence-corrected chi connectivity index (χ4v) is 2.59. The van der Waals surface area contributed by atoms with Crippen molar-refractivity contribution in [2.75, 3.05) is 11.4 Å². The van der Waals surface area contributed by atoms with Gasteiger partial charge in [0.05, 0.1) is 5.88 Å². The van der Waals surface area contributed by atoms with Crippen LogP contribution in [0, 0.1) is 12.8 Å². The summed E-state index contributed by atoms with van der Waals surface area (Å²) in [5, 5.41) is 0. The zero-order valence-electron chi connectivity index (χ0n) is 10.1. The van der Waals surface area contributed by atoms with Gasteiger partial charge in [-0.25, -0.2) is 9.97 Å². The summed E-state index contributed by atoms with van der Waals surface area (Å²) in [6, 6.07) is 0.538. The van der Waals surface area contributed by atoms with Crippen LogP contribution in [0.4, 0.5) is 5.95 Å². The molecule has 1 aliphatic heterocycles. The van der Waals surface area contributed by atoms with Gasteiger partial charge in [-0.3, -0.25) is 0 Å². The van der Waals surface area contributed by atoms with E-state index >= 15 is 0 Å². The molecule has 1 fully saturated rings. The average molecular weight is 240 g/mol. The molecule has 0 radical (unpaired) electrons. The van der Waals surface area contributed by atoms with Gasteiger partial charge in [-0.1, -0.05) is 6.92 Å². The number of hydrogen-bond acceptors (Lipinski definition) is 3. The Labute approximate surface area is 102 Å².